The predicted molar refractivity (Wildman–Crippen MR) is 68.3 cm³/mol. The molecule has 0 unspecified atom stereocenters. The van der Waals surface area contributed by atoms with Crippen molar-refractivity contribution in [1.82, 2.24) is 10.2 Å². The predicted octanol–water partition coefficient (Wildman–Crippen LogP) is 3.59. The summed E-state index contributed by atoms with van der Waals surface area (Å²) >= 11 is 5.69. The number of nitrogens with zero attached hydrogens (tertiary/aromatic N) is 2. The molecule has 88 valence electrons. The Labute approximate surface area is 105 Å². The minimum Gasteiger partial charge on any atom is -0.494 e. The minimum absolute atomic E-state index is 0.400. The summed E-state index contributed by atoms with van der Waals surface area (Å²) < 4.78 is 5.51. The van der Waals surface area contributed by atoms with Gasteiger partial charge in [0.25, 0.3) is 0 Å². The smallest absolute Gasteiger partial charge is 0.151 e. The highest BCUT2D eigenvalue weighted by atomic mass is 35.5. The summed E-state index contributed by atoms with van der Waals surface area (Å²) in [6.45, 7) is 2.82. The Morgan fingerprint density at radius 1 is 1.06 bits per heavy atom. The lowest BCUT2D eigenvalue weighted by Gasteiger charge is -2.05. The fraction of sp³-hybridized carbons (Fsp3) is 0.231. The van der Waals surface area contributed by atoms with Gasteiger partial charge in [-0.25, -0.2) is 0 Å². The molecular weight excluding hydrogens is 236 g/mol. The zero-order valence-electron chi connectivity index (χ0n) is 9.56. The Morgan fingerprint density at radius 2 is 1.82 bits per heavy atom. The zero-order valence-corrected chi connectivity index (χ0v) is 10.3. The van der Waals surface area contributed by atoms with Crippen LogP contribution in [0.25, 0.3) is 11.3 Å². The molecular formula is C13H13ClN2O. The third-order valence-corrected chi connectivity index (χ3v) is 2.46. The lowest BCUT2D eigenvalue weighted by Crippen LogP contribution is -1.94. The van der Waals surface area contributed by atoms with E-state index in [1.165, 1.54) is 0 Å². The highest BCUT2D eigenvalue weighted by Gasteiger charge is 2.00. The summed E-state index contributed by atoms with van der Waals surface area (Å²) in [6.07, 6.45) is 1.00. The molecule has 0 saturated heterocycles. The second-order valence-electron chi connectivity index (χ2n) is 3.61. The van der Waals surface area contributed by atoms with Crippen molar-refractivity contribution in [3.63, 3.8) is 0 Å². The normalized spacial score (nSPS) is 10.2. The van der Waals surface area contributed by atoms with E-state index in [1.54, 1.807) is 6.07 Å². The maximum atomic E-state index is 5.69. The van der Waals surface area contributed by atoms with Gasteiger partial charge in [-0.3, -0.25) is 0 Å². The first-order chi connectivity index (χ1) is 8.29. The van der Waals surface area contributed by atoms with E-state index in [9.17, 15) is 0 Å². The van der Waals surface area contributed by atoms with Crippen LogP contribution in [0.2, 0.25) is 5.15 Å². The van der Waals surface area contributed by atoms with Crippen LogP contribution in [-0.4, -0.2) is 16.8 Å². The van der Waals surface area contributed by atoms with Crippen molar-refractivity contribution in [3.05, 3.63) is 41.6 Å². The summed E-state index contributed by atoms with van der Waals surface area (Å²) in [6, 6.07) is 11.4. The van der Waals surface area contributed by atoms with Crippen molar-refractivity contribution >= 4 is 11.6 Å². The Balaban J connectivity index is 2.14. The van der Waals surface area contributed by atoms with Gasteiger partial charge in [-0.2, -0.15) is 0 Å². The molecule has 2 aromatic rings. The molecule has 0 saturated carbocycles. The number of aromatic nitrogens is 2. The van der Waals surface area contributed by atoms with E-state index in [0.717, 1.165) is 30.0 Å². The Kier molecular flexibility index (Phi) is 3.94. The molecule has 0 N–H and O–H groups in total. The molecule has 1 aromatic heterocycles. The van der Waals surface area contributed by atoms with E-state index in [2.05, 4.69) is 17.1 Å². The van der Waals surface area contributed by atoms with E-state index in [0.29, 0.717) is 5.15 Å². The molecule has 0 atom stereocenters. The van der Waals surface area contributed by atoms with Crippen molar-refractivity contribution in [2.45, 2.75) is 13.3 Å². The molecule has 4 heteroatoms. The van der Waals surface area contributed by atoms with Crippen LogP contribution in [-0.2, 0) is 0 Å². The second-order valence-corrected chi connectivity index (χ2v) is 4.00. The molecule has 0 spiro atoms. The summed E-state index contributed by atoms with van der Waals surface area (Å²) in [7, 11) is 0. The van der Waals surface area contributed by atoms with Gasteiger partial charge in [0.05, 0.1) is 12.3 Å². The Morgan fingerprint density at radius 3 is 2.41 bits per heavy atom. The number of ether oxygens (including phenoxy) is 1. The van der Waals surface area contributed by atoms with Gasteiger partial charge in [0, 0.05) is 5.56 Å². The lowest BCUT2D eigenvalue weighted by atomic mass is 10.1. The van der Waals surface area contributed by atoms with Gasteiger partial charge in [-0.05, 0) is 42.8 Å². The highest BCUT2D eigenvalue weighted by molar-refractivity contribution is 6.29. The average Bonchev–Trinajstić information content (AvgIpc) is 2.38. The van der Waals surface area contributed by atoms with Crippen molar-refractivity contribution < 1.29 is 4.74 Å². The number of rotatable bonds is 4. The molecule has 0 amide bonds. The van der Waals surface area contributed by atoms with E-state index in [-0.39, 0.29) is 0 Å². The summed E-state index contributed by atoms with van der Waals surface area (Å²) in [5, 5.41) is 8.23. The maximum Gasteiger partial charge on any atom is 0.151 e. The number of hydrogen-bond donors (Lipinski definition) is 0. The Bertz CT molecular complexity index is 468. The van der Waals surface area contributed by atoms with Crippen LogP contribution in [0.15, 0.2) is 36.4 Å². The van der Waals surface area contributed by atoms with Gasteiger partial charge in [-0.15, -0.1) is 10.2 Å². The quantitative estimate of drug-likeness (QED) is 0.830. The molecule has 0 fully saturated rings. The fourth-order valence-corrected chi connectivity index (χ4v) is 1.51. The third-order valence-electron chi connectivity index (χ3n) is 2.25. The molecule has 2 rings (SSSR count). The molecule has 17 heavy (non-hydrogen) atoms. The number of benzene rings is 1. The van der Waals surface area contributed by atoms with Gasteiger partial charge in [0.15, 0.2) is 5.15 Å². The van der Waals surface area contributed by atoms with E-state index < -0.39 is 0 Å². The van der Waals surface area contributed by atoms with Gasteiger partial charge < -0.3 is 4.74 Å². The van der Waals surface area contributed by atoms with Crippen LogP contribution in [0, 0.1) is 0 Å². The molecule has 0 aliphatic rings. The van der Waals surface area contributed by atoms with Crippen LogP contribution in [0.5, 0.6) is 5.75 Å². The topological polar surface area (TPSA) is 35.0 Å². The van der Waals surface area contributed by atoms with E-state index >= 15 is 0 Å². The highest BCUT2D eigenvalue weighted by Crippen LogP contribution is 2.20. The lowest BCUT2D eigenvalue weighted by molar-refractivity contribution is 0.317. The second kappa shape index (κ2) is 5.64. The van der Waals surface area contributed by atoms with Crippen molar-refractivity contribution in [2.24, 2.45) is 0 Å². The Hall–Kier alpha value is -1.61. The molecule has 3 nitrogen and oxygen atoms in total. The number of halogens is 1. The van der Waals surface area contributed by atoms with Crippen LogP contribution in [0.3, 0.4) is 0 Å². The van der Waals surface area contributed by atoms with Gasteiger partial charge in [-0.1, -0.05) is 18.5 Å². The van der Waals surface area contributed by atoms with E-state index in [1.807, 2.05) is 30.3 Å². The average molecular weight is 249 g/mol. The van der Waals surface area contributed by atoms with Crippen molar-refractivity contribution in [1.29, 1.82) is 0 Å². The van der Waals surface area contributed by atoms with E-state index in [4.69, 9.17) is 16.3 Å². The maximum absolute atomic E-state index is 5.69. The largest absolute Gasteiger partial charge is 0.494 e. The summed E-state index contributed by atoms with van der Waals surface area (Å²) in [5.74, 6) is 0.873. The minimum atomic E-state index is 0.400. The standard InChI is InChI=1S/C13H13ClN2O/c1-2-9-17-11-5-3-10(4-6-11)12-7-8-13(14)16-15-12/h3-8H,2,9H2,1H3. The molecule has 1 aromatic carbocycles. The van der Waals surface area contributed by atoms with Gasteiger partial charge >= 0.3 is 0 Å². The fourth-order valence-electron chi connectivity index (χ4n) is 1.41. The first kappa shape index (κ1) is 11.9. The molecule has 1 heterocycles. The van der Waals surface area contributed by atoms with Crippen LogP contribution < -0.4 is 4.74 Å². The van der Waals surface area contributed by atoms with Gasteiger partial charge in [0.1, 0.15) is 5.75 Å². The molecule has 0 aliphatic carbocycles. The first-order valence-electron chi connectivity index (χ1n) is 5.52. The SMILES string of the molecule is CCCOc1ccc(-c2ccc(Cl)nn2)cc1. The number of hydrogen-bond acceptors (Lipinski definition) is 3. The monoisotopic (exact) mass is 248 g/mol. The van der Waals surface area contributed by atoms with Crippen LogP contribution in [0.1, 0.15) is 13.3 Å². The summed E-state index contributed by atoms with van der Waals surface area (Å²) in [5.41, 5.74) is 1.80. The zero-order chi connectivity index (χ0) is 12.1. The first-order valence-corrected chi connectivity index (χ1v) is 5.90. The molecule has 0 radical (unpaired) electrons. The third kappa shape index (κ3) is 3.17. The molecule has 0 bridgehead atoms. The van der Waals surface area contributed by atoms with Crippen LogP contribution in [0.4, 0.5) is 0 Å². The van der Waals surface area contributed by atoms with Crippen molar-refractivity contribution in [2.75, 3.05) is 6.61 Å². The molecule has 0 aliphatic heterocycles. The summed E-state index contributed by atoms with van der Waals surface area (Å²) in [4.78, 5) is 0. The van der Waals surface area contributed by atoms with Crippen molar-refractivity contribution in [3.8, 4) is 17.0 Å². The van der Waals surface area contributed by atoms with Gasteiger partial charge in [0.2, 0.25) is 0 Å². The van der Waals surface area contributed by atoms with Crippen LogP contribution >= 0.6 is 11.6 Å².